The Labute approximate surface area is 139 Å². The van der Waals surface area contributed by atoms with Crippen molar-refractivity contribution < 1.29 is 4.42 Å². The third-order valence-electron chi connectivity index (χ3n) is 3.02. The SMILES string of the molecule is Nn1c(Sc2nc(-c3ccccc3)ns2)nnc1-c1ccco1. The summed E-state index contributed by atoms with van der Waals surface area (Å²) in [6.07, 6.45) is 1.56. The lowest BCUT2D eigenvalue weighted by Crippen LogP contribution is -2.11. The average Bonchev–Trinajstić information content (AvgIpc) is 3.31. The van der Waals surface area contributed by atoms with E-state index in [0.29, 0.717) is 22.6 Å². The molecule has 0 bridgehead atoms. The summed E-state index contributed by atoms with van der Waals surface area (Å²) in [6, 6.07) is 13.4. The fourth-order valence-corrected chi connectivity index (χ4v) is 3.43. The molecule has 0 amide bonds. The lowest BCUT2D eigenvalue weighted by Gasteiger charge is -1.99. The Hall–Kier alpha value is -2.65. The second kappa shape index (κ2) is 5.86. The highest BCUT2D eigenvalue weighted by atomic mass is 32.2. The molecule has 0 aliphatic carbocycles. The molecule has 7 nitrogen and oxygen atoms in total. The number of nitrogens with two attached hydrogens (primary N) is 1. The molecule has 114 valence electrons. The van der Waals surface area contributed by atoms with E-state index < -0.39 is 0 Å². The normalized spacial score (nSPS) is 11.0. The predicted octanol–water partition coefficient (Wildman–Crippen LogP) is 2.92. The predicted molar refractivity (Wildman–Crippen MR) is 87.3 cm³/mol. The van der Waals surface area contributed by atoms with E-state index in [4.69, 9.17) is 10.3 Å². The zero-order valence-corrected chi connectivity index (χ0v) is 13.3. The van der Waals surface area contributed by atoms with E-state index in [-0.39, 0.29) is 0 Å². The highest BCUT2D eigenvalue weighted by molar-refractivity contribution is 8.00. The number of furan rings is 1. The quantitative estimate of drug-likeness (QED) is 0.570. The molecule has 0 spiro atoms. The molecule has 0 aliphatic heterocycles. The van der Waals surface area contributed by atoms with E-state index in [0.717, 1.165) is 9.90 Å². The van der Waals surface area contributed by atoms with E-state index in [1.807, 2.05) is 30.3 Å². The molecule has 1 aromatic carbocycles. The van der Waals surface area contributed by atoms with E-state index in [9.17, 15) is 0 Å². The van der Waals surface area contributed by atoms with Crippen molar-refractivity contribution in [3.8, 4) is 23.0 Å². The largest absolute Gasteiger partial charge is 0.461 e. The van der Waals surface area contributed by atoms with Crippen LogP contribution in [0.4, 0.5) is 0 Å². The zero-order chi connectivity index (χ0) is 15.6. The van der Waals surface area contributed by atoms with Gasteiger partial charge in [0.05, 0.1) is 6.26 Å². The number of nitrogen functional groups attached to an aromatic ring is 1. The molecule has 9 heteroatoms. The van der Waals surface area contributed by atoms with Gasteiger partial charge in [0.1, 0.15) is 0 Å². The molecule has 4 aromatic rings. The molecule has 0 unspecified atom stereocenters. The van der Waals surface area contributed by atoms with Crippen LogP contribution in [0, 0.1) is 0 Å². The number of rotatable bonds is 4. The Balaban J connectivity index is 1.59. The summed E-state index contributed by atoms with van der Waals surface area (Å²) in [5.74, 6) is 7.74. The Bertz CT molecular complexity index is 916. The first-order valence-electron chi connectivity index (χ1n) is 6.62. The van der Waals surface area contributed by atoms with Crippen molar-refractivity contribution in [3.63, 3.8) is 0 Å². The van der Waals surface area contributed by atoms with Crippen LogP contribution in [0.15, 0.2) is 62.6 Å². The smallest absolute Gasteiger partial charge is 0.218 e. The van der Waals surface area contributed by atoms with Gasteiger partial charge in [-0.2, -0.15) is 4.37 Å². The van der Waals surface area contributed by atoms with E-state index in [1.165, 1.54) is 28.0 Å². The molecule has 0 saturated heterocycles. The third-order valence-corrected chi connectivity index (χ3v) is 4.74. The van der Waals surface area contributed by atoms with Crippen LogP contribution in [0.2, 0.25) is 0 Å². The number of hydrogen-bond donors (Lipinski definition) is 1. The first kappa shape index (κ1) is 14.0. The summed E-state index contributed by atoms with van der Waals surface area (Å²) in [5.41, 5.74) is 0.973. The van der Waals surface area contributed by atoms with Crippen molar-refractivity contribution in [2.24, 2.45) is 0 Å². The Morgan fingerprint density at radius 3 is 2.74 bits per heavy atom. The van der Waals surface area contributed by atoms with Crippen LogP contribution in [0.25, 0.3) is 23.0 Å². The average molecular weight is 342 g/mol. The van der Waals surface area contributed by atoms with Gasteiger partial charge in [0.25, 0.3) is 0 Å². The Morgan fingerprint density at radius 2 is 1.96 bits per heavy atom. The molecule has 4 rings (SSSR count). The van der Waals surface area contributed by atoms with Crippen molar-refractivity contribution in [2.75, 3.05) is 5.84 Å². The van der Waals surface area contributed by atoms with Crippen LogP contribution in [0.1, 0.15) is 0 Å². The Morgan fingerprint density at radius 1 is 1.09 bits per heavy atom. The molecule has 3 aromatic heterocycles. The Kier molecular flexibility index (Phi) is 3.56. The highest BCUT2D eigenvalue weighted by Crippen LogP contribution is 2.31. The van der Waals surface area contributed by atoms with Gasteiger partial charge in [-0.1, -0.05) is 30.3 Å². The summed E-state index contributed by atoms with van der Waals surface area (Å²) >= 11 is 2.61. The maximum absolute atomic E-state index is 6.03. The number of aromatic nitrogens is 5. The van der Waals surface area contributed by atoms with Gasteiger partial charge in [-0.15, -0.1) is 10.2 Å². The lowest BCUT2D eigenvalue weighted by atomic mass is 10.2. The summed E-state index contributed by atoms with van der Waals surface area (Å²) in [5, 5.41) is 8.65. The second-order valence-corrected chi connectivity index (χ2v) is 6.47. The summed E-state index contributed by atoms with van der Waals surface area (Å²) in [6.45, 7) is 0. The molecular weight excluding hydrogens is 332 g/mol. The van der Waals surface area contributed by atoms with Crippen LogP contribution in [-0.4, -0.2) is 24.2 Å². The molecule has 0 atom stereocenters. The maximum Gasteiger partial charge on any atom is 0.218 e. The van der Waals surface area contributed by atoms with E-state index >= 15 is 0 Å². The minimum absolute atomic E-state index is 0.463. The first-order chi connectivity index (χ1) is 11.3. The molecule has 2 N–H and O–H groups in total. The van der Waals surface area contributed by atoms with Crippen LogP contribution < -0.4 is 5.84 Å². The van der Waals surface area contributed by atoms with Gasteiger partial charge in [0, 0.05) is 5.56 Å². The van der Waals surface area contributed by atoms with E-state index in [2.05, 4.69) is 19.6 Å². The topological polar surface area (TPSA) is 95.7 Å². The monoisotopic (exact) mass is 342 g/mol. The molecule has 3 heterocycles. The van der Waals surface area contributed by atoms with Gasteiger partial charge >= 0.3 is 0 Å². The summed E-state index contributed by atoms with van der Waals surface area (Å²) < 4.78 is 11.8. The maximum atomic E-state index is 6.03. The number of hydrogen-bond acceptors (Lipinski definition) is 8. The lowest BCUT2D eigenvalue weighted by molar-refractivity contribution is 0.574. The van der Waals surface area contributed by atoms with E-state index in [1.54, 1.807) is 18.4 Å². The number of nitrogens with zero attached hydrogens (tertiary/aromatic N) is 5. The van der Waals surface area contributed by atoms with Gasteiger partial charge in [0.15, 0.2) is 15.9 Å². The fraction of sp³-hybridized carbons (Fsp3) is 0. The van der Waals surface area contributed by atoms with Crippen LogP contribution in [0.3, 0.4) is 0 Å². The number of benzene rings is 1. The van der Waals surface area contributed by atoms with Crippen LogP contribution >= 0.6 is 23.3 Å². The van der Waals surface area contributed by atoms with Crippen molar-refractivity contribution in [1.29, 1.82) is 0 Å². The molecule has 23 heavy (non-hydrogen) atoms. The van der Waals surface area contributed by atoms with Crippen molar-refractivity contribution in [1.82, 2.24) is 24.2 Å². The van der Waals surface area contributed by atoms with Gasteiger partial charge in [-0.05, 0) is 35.4 Å². The molecule has 0 fully saturated rings. The zero-order valence-electron chi connectivity index (χ0n) is 11.7. The second-order valence-electron chi connectivity index (χ2n) is 4.51. The van der Waals surface area contributed by atoms with Gasteiger partial charge in [0.2, 0.25) is 11.0 Å². The standard InChI is InChI=1S/C14H10N6OS2/c15-20-12(10-7-4-8-21-10)17-18-13(20)22-14-16-11(19-23-14)9-5-2-1-3-6-9/h1-8H,15H2. The van der Waals surface area contributed by atoms with Crippen molar-refractivity contribution >= 4 is 23.3 Å². The highest BCUT2D eigenvalue weighted by Gasteiger charge is 2.17. The molecule has 0 radical (unpaired) electrons. The van der Waals surface area contributed by atoms with Crippen LogP contribution in [0.5, 0.6) is 0 Å². The minimum Gasteiger partial charge on any atom is -0.461 e. The molecule has 0 aliphatic rings. The van der Waals surface area contributed by atoms with Gasteiger partial charge < -0.3 is 10.3 Å². The summed E-state index contributed by atoms with van der Waals surface area (Å²) in [4.78, 5) is 4.50. The molecular formula is C14H10N6OS2. The van der Waals surface area contributed by atoms with Crippen molar-refractivity contribution in [3.05, 3.63) is 48.7 Å². The first-order valence-corrected chi connectivity index (χ1v) is 8.21. The van der Waals surface area contributed by atoms with Crippen LogP contribution in [-0.2, 0) is 0 Å². The van der Waals surface area contributed by atoms with Crippen molar-refractivity contribution in [2.45, 2.75) is 9.50 Å². The van der Waals surface area contributed by atoms with Gasteiger partial charge in [-0.25, -0.2) is 9.66 Å². The minimum atomic E-state index is 0.463. The fourth-order valence-electron chi connectivity index (χ4n) is 1.95. The molecule has 0 saturated carbocycles. The third kappa shape index (κ3) is 2.71. The van der Waals surface area contributed by atoms with Gasteiger partial charge in [-0.3, -0.25) is 0 Å². The summed E-state index contributed by atoms with van der Waals surface area (Å²) in [7, 11) is 0.